The summed E-state index contributed by atoms with van der Waals surface area (Å²) in [5, 5.41) is 9.35. The number of hydrogen-bond acceptors (Lipinski definition) is 4. The van der Waals surface area contributed by atoms with Crippen molar-refractivity contribution in [3.05, 3.63) is 23.8 Å². The van der Waals surface area contributed by atoms with Crippen molar-refractivity contribution in [2.45, 2.75) is 32.4 Å². The van der Waals surface area contributed by atoms with Crippen LogP contribution >= 0.6 is 0 Å². The second kappa shape index (κ2) is 6.61. The van der Waals surface area contributed by atoms with Crippen LogP contribution in [0.25, 0.3) is 0 Å². The zero-order chi connectivity index (χ0) is 14.5. The van der Waals surface area contributed by atoms with E-state index in [9.17, 15) is 9.90 Å². The highest BCUT2D eigenvalue weighted by Crippen LogP contribution is 2.32. The van der Waals surface area contributed by atoms with Gasteiger partial charge in [-0.3, -0.25) is 4.79 Å². The van der Waals surface area contributed by atoms with E-state index < -0.39 is 0 Å². The summed E-state index contributed by atoms with van der Waals surface area (Å²) in [5.74, 6) is 0.956. The van der Waals surface area contributed by atoms with Gasteiger partial charge in [0.05, 0.1) is 13.2 Å². The average Bonchev–Trinajstić information content (AvgIpc) is 3.29. The van der Waals surface area contributed by atoms with Crippen molar-refractivity contribution >= 4 is 5.91 Å². The summed E-state index contributed by atoms with van der Waals surface area (Å²) in [6.45, 7) is 2.19. The molecule has 0 aromatic heterocycles. The number of benzene rings is 1. The lowest BCUT2D eigenvalue weighted by Gasteiger charge is -2.18. The van der Waals surface area contributed by atoms with Crippen LogP contribution in [0.3, 0.4) is 0 Å². The molecular formula is C15H21NO4. The number of amides is 1. The summed E-state index contributed by atoms with van der Waals surface area (Å²) < 4.78 is 11.1. The van der Waals surface area contributed by atoms with E-state index in [2.05, 4.69) is 0 Å². The van der Waals surface area contributed by atoms with Gasteiger partial charge in [-0.25, -0.2) is 0 Å². The molecule has 0 spiro atoms. The monoisotopic (exact) mass is 279 g/mol. The third-order valence-electron chi connectivity index (χ3n) is 3.36. The van der Waals surface area contributed by atoms with E-state index in [0.29, 0.717) is 29.7 Å². The van der Waals surface area contributed by atoms with Crippen LogP contribution < -0.4 is 9.47 Å². The molecule has 0 heterocycles. The number of aliphatic hydroxyl groups excluding tert-OH is 1. The number of aliphatic hydroxyl groups is 1. The van der Waals surface area contributed by atoms with Gasteiger partial charge in [-0.15, -0.1) is 0 Å². The van der Waals surface area contributed by atoms with Crippen LogP contribution in [0.1, 0.15) is 25.3 Å². The fraction of sp³-hybridized carbons (Fsp3) is 0.533. The zero-order valence-corrected chi connectivity index (χ0v) is 12.0. The van der Waals surface area contributed by atoms with Gasteiger partial charge in [0, 0.05) is 18.7 Å². The quantitative estimate of drug-likeness (QED) is 0.823. The van der Waals surface area contributed by atoms with E-state index in [1.165, 1.54) is 0 Å². The van der Waals surface area contributed by atoms with Crippen LogP contribution in [0.15, 0.2) is 18.2 Å². The van der Waals surface area contributed by atoms with E-state index in [-0.39, 0.29) is 19.1 Å². The molecule has 0 bridgehead atoms. The van der Waals surface area contributed by atoms with Gasteiger partial charge < -0.3 is 19.5 Å². The maximum absolute atomic E-state index is 12.0. The largest absolute Gasteiger partial charge is 0.490 e. The van der Waals surface area contributed by atoms with Gasteiger partial charge in [-0.1, -0.05) is 12.1 Å². The number of hydrogen-bond donors (Lipinski definition) is 1. The van der Waals surface area contributed by atoms with Crippen LogP contribution in [0.2, 0.25) is 0 Å². The van der Waals surface area contributed by atoms with Crippen molar-refractivity contribution in [2.24, 2.45) is 0 Å². The molecule has 0 aliphatic heterocycles. The molecule has 0 radical (unpaired) electrons. The van der Waals surface area contributed by atoms with E-state index in [1.54, 1.807) is 30.1 Å². The van der Waals surface area contributed by atoms with Crippen molar-refractivity contribution in [1.29, 1.82) is 0 Å². The summed E-state index contributed by atoms with van der Waals surface area (Å²) in [5.41, 5.74) is 0.623. The number of ether oxygens (including phenoxy) is 2. The Balaban J connectivity index is 2.04. The third kappa shape index (κ3) is 3.42. The van der Waals surface area contributed by atoms with Crippen molar-refractivity contribution in [3.63, 3.8) is 0 Å². The number of carbonyl (C=O) groups excluding carboxylic acids is 1. The van der Waals surface area contributed by atoms with Gasteiger partial charge in [-0.05, 0) is 25.8 Å². The molecule has 1 aliphatic carbocycles. The summed E-state index contributed by atoms with van der Waals surface area (Å²) >= 11 is 0. The molecule has 2 rings (SSSR count). The van der Waals surface area contributed by atoms with Crippen LogP contribution in [-0.2, 0) is 11.4 Å². The first-order valence-electron chi connectivity index (χ1n) is 6.91. The highest BCUT2D eigenvalue weighted by molar-refractivity contribution is 5.78. The fourth-order valence-electron chi connectivity index (χ4n) is 2.02. The molecule has 1 amide bonds. The first-order chi connectivity index (χ1) is 9.67. The minimum atomic E-state index is -0.150. The second-order valence-corrected chi connectivity index (χ2v) is 4.86. The lowest BCUT2D eigenvalue weighted by atomic mass is 10.2. The van der Waals surface area contributed by atoms with Crippen LogP contribution in [0.5, 0.6) is 11.5 Å². The lowest BCUT2D eigenvalue weighted by molar-refractivity contribution is -0.132. The Morgan fingerprint density at radius 1 is 1.40 bits per heavy atom. The number of rotatable bonds is 7. The van der Waals surface area contributed by atoms with Crippen molar-refractivity contribution < 1.29 is 19.4 Å². The van der Waals surface area contributed by atoms with Gasteiger partial charge in [0.2, 0.25) is 0 Å². The van der Waals surface area contributed by atoms with Crippen LogP contribution in [0.4, 0.5) is 0 Å². The summed E-state index contributed by atoms with van der Waals surface area (Å²) in [4.78, 5) is 13.7. The number of nitrogens with zero attached hydrogens (tertiary/aromatic N) is 1. The van der Waals surface area contributed by atoms with Gasteiger partial charge in [-0.2, -0.15) is 0 Å². The maximum atomic E-state index is 12.0. The minimum absolute atomic E-state index is 0.0376. The first-order valence-corrected chi connectivity index (χ1v) is 6.91. The molecule has 1 saturated carbocycles. The minimum Gasteiger partial charge on any atom is -0.490 e. The molecule has 1 aromatic rings. The van der Waals surface area contributed by atoms with E-state index >= 15 is 0 Å². The SMILES string of the molecule is CCOc1cccc(CO)c1OCC(=O)N(C)C1CC1. The molecule has 0 saturated heterocycles. The molecule has 0 unspecified atom stereocenters. The third-order valence-corrected chi connectivity index (χ3v) is 3.36. The van der Waals surface area contributed by atoms with E-state index in [1.807, 2.05) is 6.92 Å². The van der Waals surface area contributed by atoms with Crippen LogP contribution in [0, 0.1) is 0 Å². The summed E-state index contributed by atoms with van der Waals surface area (Å²) in [6, 6.07) is 5.69. The number of carbonyl (C=O) groups is 1. The molecular weight excluding hydrogens is 258 g/mol. The summed E-state index contributed by atoms with van der Waals surface area (Å²) in [7, 11) is 1.80. The Morgan fingerprint density at radius 2 is 2.15 bits per heavy atom. The topological polar surface area (TPSA) is 59.0 Å². The fourth-order valence-corrected chi connectivity index (χ4v) is 2.02. The first kappa shape index (κ1) is 14.7. The smallest absolute Gasteiger partial charge is 0.260 e. The van der Waals surface area contributed by atoms with Crippen molar-refractivity contribution in [1.82, 2.24) is 4.90 Å². The Hall–Kier alpha value is -1.75. The van der Waals surface area contributed by atoms with Crippen molar-refractivity contribution in [3.8, 4) is 11.5 Å². The molecule has 20 heavy (non-hydrogen) atoms. The normalized spacial score (nSPS) is 13.9. The predicted octanol–water partition coefficient (Wildman–Crippen LogP) is 1.58. The highest BCUT2D eigenvalue weighted by Gasteiger charge is 2.29. The van der Waals surface area contributed by atoms with Gasteiger partial charge >= 0.3 is 0 Å². The molecule has 1 aromatic carbocycles. The Kier molecular flexibility index (Phi) is 4.84. The van der Waals surface area contributed by atoms with E-state index in [4.69, 9.17) is 9.47 Å². The molecule has 0 atom stereocenters. The molecule has 5 heteroatoms. The lowest BCUT2D eigenvalue weighted by Crippen LogP contribution is -2.33. The number of likely N-dealkylation sites (N-methyl/N-ethyl adjacent to an activating group) is 1. The Bertz CT molecular complexity index is 471. The van der Waals surface area contributed by atoms with E-state index in [0.717, 1.165) is 12.8 Å². The van der Waals surface area contributed by atoms with Crippen LogP contribution in [-0.4, -0.2) is 42.2 Å². The van der Waals surface area contributed by atoms with Crippen molar-refractivity contribution in [2.75, 3.05) is 20.3 Å². The molecule has 5 nitrogen and oxygen atoms in total. The van der Waals surface area contributed by atoms with Gasteiger partial charge in [0.15, 0.2) is 18.1 Å². The Morgan fingerprint density at radius 3 is 2.75 bits per heavy atom. The molecule has 1 fully saturated rings. The zero-order valence-electron chi connectivity index (χ0n) is 12.0. The maximum Gasteiger partial charge on any atom is 0.260 e. The molecule has 1 N–H and O–H groups in total. The number of para-hydroxylation sites is 1. The Labute approximate surface area is 119 Å². The molecule has 110 valence electrons. The highest BCUT2D eigenvalue weighted by atomic mass is 16.5. The standard InChI is InChI=1S/C15H21NO4/c1-3-19-13-6-4-5-11(9-17)15(13)20-10-14(18)16(2)12-7-8-12/h4-6,12,17H,3,7-10H2,1-2H3. The molecule has 1 aliphatic rings. The van der Waals surface area contributed by atoms with Gasteiger partial charge in [0.25, 0.3) is 5.91 Å². The average molecular weight is 279 g/mol. The summed E-state index contributed by atoms with van der Waals surface area (Å²) in [6.07, 6.45) is 2.14. The predicted molar refractivity (Wildman–Crippen MR) is 74.8 cm³/mol. The van der Waals surface area contributed by atoms with Gasteiger partial charge in [0.1, 0.15) is 0 Å². The second-order valence-electron chi connectivity index (χ2n) is 4.86.